The minimum Gasteiger partial charge on any atom is -0.455 e. The third-order valence-electron chi connectivity index (χ3n) is 11.3. The number of fused-ring (bicyclic) bond motifs is 9. The molecule has 0 amide bonds. The van der Waals surface area contributed by atoms with Crippen LogP contribution < -0.4 is 0 Å². The fourth-order valence-corrected chi connectivity index (χ4v) is 9.53. The van der Waals surface area contributed by atoms with E-state index < -0.39 is 0 Å². The number of furan rings is 1. The van der Waals surface area contributed by atoms with Crippen molar-refractivity contribution in [3.8, 4) is 55.8 Å². The van der Waals surface area contributed by atoms with E-state index in [4.69, 9.17) is 14.4 Å². The molecule has 0 N–H and O–H groups in total. The molecule has 9 aromatic carbocycles. The standard InChI is InChI=1S/C54H30N2OS.U/c1-2-12-33(13-3-1)45-31-41(28-37-14-4-6-20-42(37)45)35-17-11-19-40(27-35)48-32-55-52-47-29-36(24-25-50(47)58-54(52)56-48)34-16-10-18-38(26-34)46-30-39-15-5-7-21-43(39)51-44-22-8-9-23-49(44)57-53(46)51;/h1-12,14-30,32H;/q-2;+2. The van der Waals surface area contributed by atoms with E-state index in [1.54, 1.807) is 11.3 Å². The van der Waals surface area contributed by atoms with Crippen molar-refractivity contribution < 1.29 is 35.5 Å². The number of hydrogen-bond donors (Lipinski definition) is 0. The van der Waals surface area contributed by atoms with Crippen LogP contribution in [0.1, 0.15) is 0 Å². The van der Waals surface area contributed by atoms with E-state index in [9.17, 15) is 0 Å². The van der Waals surface area contributed by atoms with Gasteiger partial charge in [0.05, 0.1) is 11.9 Å². The van der Waals surface area contributed by atoms with Gasteiger partial charge in [0.25, 0.3) is 0 Å². The Morgan fingerprint density at radius 2 is 1.24 bits per heavy atom. The van der Waals surface area contributed by atoms with Crippen LogP contribution in [0.25, 0.3) is 120 Å². The Morgan fingerprint density at radius 3 is 2.10 bits per heavy atom. The molecule has 272 valence electrons. The van der Waals surface area contributed by atoms with Gasteiger partial charge in [-0.15, -0.1) is 34.4 Å². The molecule has 0 aliphatic heterocycles. The topological polar surface area (TPSA) is 38.9 Å². The zero-order valence-electron chi connectivity index (χ0n) is 31.5. The Morgan fingerprint density at radius 1 is 0.525 bits per heavy atom. The van der Waals surface area contributed by atoms with Crippen LogP contribution in [0, 0.1) is 43.2 Å². The molecule has 0 unspecified atom stereocenters. The molecule has 12 rings (SSSR count). The second kappa shape index (κ2) is 14.5. The first-order chi connectivity index (χ1) is 28.7. The van der Waals surface area contributed by atoms with Crippen molar-refractivity contribution >= 4 is 75.3 Å². The van der Waals surface area contributed by atoms with Crippen molar-refractivity contribution in [2.45, 2.75) is 0 Å². The van der Waals surface area contributed by atoms with Crippen molar-refractivity contribution in [2.75, 3.05) is 0 Å². The van der Waals surface area contributed by atoms with E-state index in [1.165, 1.54) is 16.2 Å². The van der Waals surface area contributed by atoms with Crippen molar-refractivity contribution in [3.05, 3.63) is 194 Å². The van der Waals surface area contributed by atoms with E-state index in [0.29, 0.717) is 0 Å². The molecule has 0 aliphatic carbocycles. The van der Waals surface area contributed by atoms with Gasteiger partial charge in [0.15, 0.2) is 0 Å². The fraction of sp³-hybridized carbons (Fsp3) is 0. The molecule has 3 nitrogen and oxygen atoms in total. The number of benzene rings is 9. The number of thiophene rings is 1. The van der Waals surface area contributed by atoms with Crippen LogP contribution in [0.4, 0.5) is 0 Å². The maximum atomic E-state index is 6.58. The molecule has 0 bridgehead atoms. The summed E-state index contributed by atoms with van der Waals surface area (Å²) in [6.07, 6.45) is 1.91. The summed E-state index contributed by atoms with van der Waals surface area (Å²) in [6.45, 7) is 0. The zero-order valence-corrected chi connectivity index (χ0v) is 36.5. The maximum absolute atomic E-state index is 6.58. The number of nitrogens with zero attached hydrogens (tertiary/aromatic N) is 2. The largest absolute Gasteiger partial charge is 2.00 e. The van der Waals surface area contributed by atoms with E-state index in [1.807, 2.05) is 24.4 Å². The van der Waals surface area contributed by atoms with Crippen molar-refractivity contribution in [1.29, 1.82) is 0 Å². The Labute approximate surface area is 368 Å². The molecule has 0 saturated heterocycles. The SMILES string of the molecule is [U+2].[c-]1ccccc1-c1[c-]c(-c2cccc(-c3cnc4c(n3)sc3ccc(-c5cccc(-c6cc7ccccc7c7c6oc6ccccc67)c5)cc34)c2)cc2ccccc12. The first-order valence-electron chi connectivity index (χ1n) is 19.4. The molecule has 59 heavy (non-hydrogen) atoms. The summed E-state index contributed by atoms with van der Waals surface area (Å²) in [5.41, 5.74) is 13.3. The summed E-state index contributed by atoms with van der Waals surface area (Å²) in [5.74, 6) is 0. The molecule has 0 radical (unpaired) electrons. The average molecular weight is 993 g/mol. The molecule has 3 heterocycles. The normalized spacial score (nSPS) is 11.6. The Bertz CT molecular complexity index is 3590. The van der Waals surface area contributed by atoms with E-state index in [-0.39, 0.29) is 31.1 Å². The summed E-state index contributed by atoms with van der Waals surface area (Å²) >= 11 is 1.68. The Hall–Kier alpha value is -6.35. The third-order valence-corrected chi connectivity index (χ3v) is 12.4. The van der Waals surface area contributed by atoms with Crippen LogP contribution in [0.3, 0.4) is 0 Å². The van der Waals surface area contributed by atoms with Crippen LogP contribution in [0.15, 0.2) is 187 Å². The smallest absolute Gasteiger partial charge is 0.455 e. The van der Waals surface area contributed by atoms with Crippen LogP contribution in [0.5, 0.6) is 0 Å². The second-order valence-electron chi connectivity index (χ2n) is 14.8. The van der Waals surface area contributed by atoms with Crippen molar-refractivity contribution in [2.24, 2.45) is 0 Å². The summed E-state index contributed by atoms with van der Waals surface area (Å²) in [7, 11) is 0. The van der Waals surface area contributed by atoms with E-state index in [2.05, 4.69) is 170 Å². The van der Waals surface area contributed by atoms with Gasteiger partial charge < -0.3 is 4.42 Å². The fourth-order valence-electron chi connectivity index (χ4n) is 8.52. The Kier molecular flexibility index (Phi) is 8.79. The van der Waals surface area contributed by atoms with Gasteiger partial charge in [-0.1, -0.05) is 126 Å². The van der Waals surface area contributed by atoms with Crippen LogP contribution >= 0.6 is 11.3 Å². The van der Waals surface area contributed by atoms with Crippen LogP contribution in [-0.4, -0.2) is 9.97 Å². The Balaban J connectivity index is 0.00000397. The molecular weight excluding hydrogens is 963 g/mol. The first kappa shape index (κ1) is 35.8. The molecule has 0 spiro atoms. The average Bonchev–Trinajstić information content (AvgIpc) is 3.87. The van der Waals surface area contributed by atoms with Gasteiger partial charge in [0, 0.05) is 26.4 Å². The minimum absolute atomic E-state index is 0. The molecule has 0 fully saturated rings. The van der Waals surface area contributed by atoms with Gasteiger partial charge in [0.2, 0.25) is 0 Å². The molecule has 0 atom stereocenters. The van der Waals surface area contributed by atoms with Crippen LogP contribution in [0.2, 0.25) is 0 Å². The number of aromatic nitrogens is 2. The quantitative estimate of drug-likeness (QED) is 0.161. The van der Waals surface area contributed by atoms with E-state index >= 15 is 0 Å². The summed E-state index contributed by atoms with van der Waals surface area (Å²) < 4.78 is 7.74. The minimum atomic E-state index is 0. The predicted octanol–water partition coefficient (Wildman–Crippen LogP) is 15.0. The first-order valence-corrected chi connectivity index (χ1v) is 20.2. The predicted molar refractivity (Wildman–Crippen MR) is 242 cm³/mol. The molecule has 12 aromatic rings. The van der Waals surface area contributed by atoms with Gasteiger partial charge in [-0.25, -0.2) is 10.5 Å². The zero-order chi connectivity index (χ0) is 38.2. The third kappa shape index (κ3) is 6.09. The number of hydrogen-bond acceptors (Lipinski definition) is 4. The van der Waals surface area contributed by atoms with Gasteiger partial charge in [-0.2, -0.15) is 35.9 Å². The van der Waals surface area contributed by atoms with Gasteiger partial charge >= 0.3 is 31.1 Å². The summed E-state index contributed by atoms with van der Waals surface area (Å²) in [5, 5.41) is 8.14. The number of rotatable bonds is 5. The molecule has 3 aromatic heterocycles. The molecule has 0 aliphatic rings. The molecule has 0 saturated carbocycles. The van der Waals surface area contributed by atoms with Crippen LogP contribution in [-0.2, 0) is 0 Å². The summed E-state index contributed by atoms with van der Waals surface area (Å²) in [4.78, 5) is 11.2. The monoisotopic (exact) mass is 992 g/mol. The molecular formula is C54H30N2OSU. The summed E-state index contributed by atoms with van der Waals surface area (Å²) in [6, 6.07) is 69.1. The van der Waals surface area contributed by atoms with Gasteiger partial charge in [-0.05, 0) is 63.4 Å². The maximum Gasteiger partial charge on any atom is 2.00 e. The van der Waals surface area contributed by atoms with Crippen molar-refractivity contribution in [3.63, 3.8) is 0 Å². The van der Waals surface area contributed by atoms with Crippen molar-refractivity contribution in [1.82, 2.24) is 9.97 Å². The van der Waals surface area contributed by atoms with Gasteiger partial charge in [0.1, 0.15) is 21.5 Å². The second-order valence-corrected chi connectivity index (χ2v) is 15.8. The number of para-hydroxylation sites is 1. The molecule has 5 heteroatoms. The van der Waals surface area contributed by atoms with E-state index in [0.717, 1.165) is 104 Å². The van der Waals surface area contributed by atoms with Gasteiger partial charge in [-0.3, -0.25) is 4.98 Å².